The average molecular weight is 433 g/mol. The van der Waals surface area contributed by atoms with Crippen LogP contribution in [0.5, 0.6) is 0 Å². The van der Waals surface area contributed by atoms with Gasteiger partial charge >= 0.3 is 6.18 Å². The molecule has 5 rings (SSSR count). The summed E-state index contributed by atoms with van der Waals surface area (Å²) in [7, 11) is 0. The lowest BCUT2D eigenvalue weighted by molar-refractivity contribution is -0.138. The Bertz CT molecular complexity index is 844. The molecule has 0 radical (unpaired) electrons. The van der Waals surface area contributed by atoms with Gasteiger partial charge in [-0.15, -0.1) is 0 Å². The van der Waals surface area contributed by atoms with Gasteiger partial charge in [0, 0.05) is 41.7 Å². The summed E-state index contributed by atoms with van der Waals surface area (Å²) >= 11 is 0. The number of benzene rings is 1. The highest BCUT2D eigenvalue weighted by Crippen LogP contribution is 2.49. The topological polar surface area (TPSA) is 33.3 Å². The number of alkyl halides is 3. The zero-order valence-corrected chi connectivity index (χ0v) is 17.7. The Morgan fingerprint density at radius 3 is 2.65 bits per heavy atom. The summed E-state index contributed by atoms with van der Waals surface area (Å²) in [6, 6.07) is 4.80. The number of hydrogen-bond acceptors (Lipinski definition) is 3. The first kappa shape index (κ1) is 21.1. The number of rotatable bonds is 4. The van der Waals surface area contributed by atoms with Gasteiger partial charge in [-0.25, -0.2) is 0 Å². The van der Waals surface area contributed by atoms with Crippen molar-refractivity contribution in [3.05, 3.63) is 53.6 Å². The molecule has 1 aromatic rings. The summed E-state index contributed by atoms with van der Waals surface area (Å²) in [6.07, 6.45) is 11.7. The molecule has 6 heteroatoms. The third-order valence-corrected chi connectivity index (χ3v) is 7.48. The van der Waals surface area contributed by atoms with Crippen molar-refractivity contribution in [2.24, 2.45) is 11.8 Å². The van der Waals surface area contributed by atoms with Crippen molar-refractivity contribution in [1.29, 1.82) is 0 Å². The lowest BCUT2D eigenvalue weighted by Gasteiger charge is -2.48. The summed E-state index contributed by atoms with van der Waals surface area (Å²) in [5, 5.41) is 7.23. The molecule has 0 aromatic heterocycles. The summed E-state index contributed by atoms with van der Waals surface area (Å²) in [4.78, 5) is 0. The van der Waals surface area contributed by atoms with Gasteiger partial charge in [-0.1, -0.05) is 37.1 Å². The van der Waals surface area contributed by atoms with Gasteiger partial charge in [0.25, 0.3) is 0 Å². The zero-order chi connectivity index (χ0) is 21.4. The minimum Gasteiger partial charge on any atom is -0.381 e. The summed E-state index contributed by atoms with van der Waals surface area (Å²) in [5.41, 5.74) is 0.851. The molecule has 1 saturated carbocycles. The van der Waals surface area contributed by atoms with E-state index in [2.05, 4.69) is 34.9 Å². The van der Waals surface area contributed by atoms with Crippen LogP contribution in [0, 0.1) is 11.8 Å². The van der Waals surface area contributed by atoms with Crippen LogP contribution in [-0.4, -0.2) is 24.7 Å². The molecule has 5 atom stereocenters. The predicted molar refractivity (Wildman–Crippen MR) is 116 cm³/mol. The maximum atomic E-state index is 13.4. The molecule has 168 valence electrons. The van der Waals surface area contributed by atoms with Crippen LogP contribution in [0.4, 0.5) is 18.9 Å². The molecule has 1 aromatic carbocycles. The number of allylic oxidation sites excluding steroid dienone is 3. The van der Waals surface area contributed by atoms with E-state index < -0.39 is 11.7 Å². The summed E-state index contributed by atoms with van der Waals surface area (Å²) < 4.78 is 46.8. The van der Waals surface area contributed by atoms with Gasteiger partial charge in [0.1, 0.15) is 0 Å². The second-order valence-corrected chi connectivity index (χ2v) is 9.49. The molecule has 1 saturated heterocycles. The van der Waals surface area contributed by atoms with Crippen LogP contribution in [0.2, 0.25) is 0 Å². The van der Waals surface area contributed by atoms with Gasteiger partial charge in [-0.3, -0.25) is 0 Å². The van der Waals surface area contributed by atoms with Crippen LogP contribution in [0.15, 0.2) is 42.5 Å². The molecule has 0 spiro atoms. The zero-order valence-electron chi connectivity index (χ0n) is 17.7. The second-order valence-electron chi connectivity index (χ2n) is 9.49. The Hall–Kier alpha value is -1.79. The molecule has 2 aliphatic carbocycles. The van der Waals surface area contributed by atoms with Crippen molar-refractivity contribution in [1.82, 2.24) is 5.32 Å². The van der Waals surface area contributed by atoms with Crippen molar-refractivity contribution < 1.29 is 17.9 Å². The molecule has 0 bridgehead atoms. The van der Waals surface area contributed by atoms with E-state index >= 15 is 0 Å². The highest BCUT2D eigenvalue weighted by molar-refractivity contribution is 5.58. The smallest absolute Gasteiger partial charge is 0.381 e. The fourth-order valence-corrected chi connectivity index (χ4v) is 5.84. The van der Waals surface area contributed by atoms with Crippen molar-refractivity contribution in [2.75, 3.05) is 11.9 Å². The highest BCUT2D eigenvalue weighted by Gasteiger charge is 2.45. The fourth-order valence-electron chi connectivity index (χ4n) is 5.84. The first-order chi connectivity index (χ1) is 15.0. The first-order valence-electron chi connectivity index (χ1n) is 11.7. The van der Waals surface area contributed by atoms with Gasteiger partial charge in [0.05, 0.1) is 17.8 Å². The number of fused-ring (bicyclic) bond motifs is 3. The maximum Gasteiger partial charge on any atom is 0.416 e. The Balaban J connectivity index is 1.40. The van der Waals surface area contributed by atoms with Crippen LogP contribution in [0.1, 0.15) is 62.2 Å². The van der Waals surface area contributed by atoms with E-state index in [1.54, 1.807) is 6.07 Å². The number of hydrogen-bond donors (Lipinski definition) is 2. The molecule has 4 aliphatic rings. The van der Waals surface area contributed by atoms with Crippen LogP contribution >= 0.6 is 0 Å². The minimum atomic E-state index is -4.35. The van der Waals surface area contributed by atoms with E-state index in [4.69, 9.17) is 4.74 Å². The number of ether oxygens (including phenoxy) is 1. The maximum absolute atomic E-state index is 13.4. The monoisotopic (exact) mass is 432 g/mol. The fraction of sp³-hybridized carbons (Fsp3) is 0.600. The third-order valence-electron chi connectivity index (χ3n) is 7.48. The Morgan fingerprint density at radius 2 is 1.90 bits per heavy atom. The van der Waals surface area contributed by atoms with Crippen molar-refractivity contribution >= 4 is 5.69 Å². The van der Waals surface area contributed by atoms with E-state index in [1.165, 1.54) is 37.8 Å². The number of halogens is 3. The molecule has 3 nitrogen and oxygen atoms in total. The SMILES string of the molecule is FC(F)(F)c1ccc2c(c1)[C@H]1O[C@@H](CNC3CCCC3)CC[C@H]1[C@H](C1C=CC=CC1)N2. The van der Waals surface area contributed by atoms with Crippen molar-refractivity contribution in [2.45, 2.75) is 75.4 Å². The minimum absolute atomic E-state index is 0.0461. The van der Waals surface area contributed by atoms with E-state index in [-0.39, 0.29) is 24.2 Å². The van der Waals surface area contributed by atoms with Gasteiger partial charge in [-0.2, -0.15) is 13.2 Å². The molecule has 2 fully saturated rings. The quantitative estimate of drug-likeness (QED) is 0.612. The highest BCUT2D eigenvalue weighted by atomic mass is 19.4. The molecule has 2 heterocycles. The molecule has 31 heavy (non-hydrogen) atoms. The molecule has 2 aliphatic heterocycles. The second kappa shape index (κ2) is 8.62. The van der Waals surface area contributed by atoms with Gasteiger partial charge in [0.15, 0.2) is 0 Å². The van der Waals surface area contributed by atoms with E-state index in [0.717, 1.165) is 31.5 Å². The molecule has 2 N–H and O–H groups in total. The Labute approximate surface area is 182 Å². The number of nitrogens with one attached hydrogen (secondary N) is 2. The lowest BCUT2D eigenvalue weighted by Crippen LogP contribution is -2.48. The number of anilines is 1. The van der Waals surface area contributed by atoms with Crippen molar-refractivity contribution in [3.63, 3.8) is 0 Å². The standard InChI is InChI=1S/C25H31F3N2O/c26-25(27,28)17-10-13-22-21(14-17)24-20(23(30-22)16-6-2-1-3-7-16)12-11-19(31-24)15-29-18-8-4-5-9-18/h1-3,6,10,13-14,16,18-20,23-24,29-30H,4-5,7-9,11-12,15H2/t16?,19-,20+,23+,24+/m1/s1. The van der Waals surface area contributed by atoms with Crippen LogP contribution < -0.4 is 10.6 Å². The molecule has 1 unspecified atom stereocenters. The normalized spacial score (nSPS) is 33.1. The van der Waals surface area contributed by atoms with Gasteiger partial charge in [-0.05, 0) is 50.3 Å². The van der Waals surface area contributed by atoms with E-state index in [0.29, 0.717) is 17.5 Å². The van der Waals surface area contributed by atoms with Crippen LogP contribution in [-0.2, 0) is 10.9 Å². The molecule has 0 amide bonds. The first-order valence-corrected chi connectivity index (χ1v) is 11.7. The predicted octanol–water partition coefficient (Wildman–Crippen LogP) is 6.00. The Morgan fingerprint density at radius 1 is 1.06 bits per heavy atom. The summed E-state index contributed by atoms with van der Waals surface area (Å²) in [5.74, 6) is 0.490. The van der Waals surface area contributed by atoms with E-state index in [9.17, 15) is 13.2 Å². The molecular weight excluding hydrogens is 401 g/mol. The Kier molecular flexibility index (Phi) is 5.86. The van der Waals surface area contributed by atoms with Crippen LogP contribution in [0.25, 0.3) is 0 Å². The summed E-state index contributed by atoms with van der Waals surface area (Å²) in [6.45, 7) is 0.784. The van der Waals surface area contributed by atoms with Crippen LogP contribution in [0.3, 0.4) is 0 Å². The third kappa shape index (κ3) is 4.42. The lowest BCUT2D eigenvalue weighted by atomic mass is 9.73. The van der Waals surface area contributed by atoms with Gasteiger partial charge < -0.3 is 15.4 Å². The van der Waals surface area contributed by atoms with E-state index in [1.807, 2.05) is 0 Å². The van der Waals surface area contributed by atoms with Gasteiger partial charge in [0.2, 0.25) is 0 Å². The largest absolute Gasteiger partial charge is 0.416 e. The van der Waals surface area contributed by atoms with Crippen molar-refractivity contribution in [3.8, 4) is 0 Å². The average Bonchev–Trinajstić information content (AvgIpc) is 3.30. The molecular formula is C25H31F3N2O.